The van der Waals surface area contributed by atoms with Crippen LogP contribution in [0.4, 0.5) is 5.82 Å². The van der Waals surface area contributed by atoms with Crippen molar-refractivity contribution < 1.29 is 0 Å². The molecule has 4 heterocycles. The van der Waals surface area contributed by atoms with Crippen molar-refractivity contribution in [1.29, 1.82) is 0 Å². The molecular formula is C27H32ClN5O2. The zero-order valence-electron chi connectivity index (χ0n) is 20.0. The molecule has 3 aromatic rings. The smallest absolute Gasteiger partial charge is 0.331 e. The summed E-state index contributed by atoms with van der Waals surface area (Å²) >= 11 is 6.48. The van der Waals surface area contributed by atoms with Gasteiger partial charge in [0.2, 0.25) is 0 Å². The molecule has 0 N–H and O–H groups in total. The molecule has 1 fully saturated rings. The Kier molecular flexibility index (Phi) is 7.35. The van der Waals surface area contributed by atoms with Crippen molar-refractivity contribution in [2.45, 2.75) is 45.2 Å². The second-order valence-electron chi connectivity index (χ2n) is 9.37. The molecular weight excluding hydrogens is 462 g/mol. The van der Waals surface area contributed by atoms with Crippen LogP contribution in [0.3, 0.4) is 0 Å². The summed E-state index contributed by atoms with van der Waals surface area (Å²) in [6, 6.07) is 13.5. The molecule has 0 spiro atoms. The molecule has 0 atom stereocenters. The molecule has 0 saturated carbocycles. The molecule has 0 aliphatic carbocycles. The molecule has 35 heavy (non-hydrogen) atoms. The van der Waals surface area contributed by atoms with E-state index >= 15 is 0 Å². The number of benzene rings is 1. The minimum atomic E-state index is -0.208. The van der Waals surface area contributed by atoms with Gasteiger partial charge in [0.05, 0.1) is 5.56 Å². The van der Waals surface area contributed by atoms with Crippen LogP contribution in [0, 0.1) is 0 Å². The van der Waals surface area contributed by atoms with Gasteiger partial charge in [-0.15, -0.1) is 0 Å². The van der Waals surface area contributed by atoms with Crippen molar-refractivity contribution in [2.75, 3.05) is 37.6 Å². The lowest BCUT2D eigenvalue weighted by molar-refractivity contribution is 0.250. The third kappa shape index (κ3) is 5.07. The molecule has 8 heteroatoms. The number of piperazine rings is 1. The highest BCUT2D eigenvalue weighted by atomic mass is 35.5. The number of anilines is 1. The van der Waals surface area contributed by atoms with E-state index < -0.39 is 0 Å². The number of unbranched alkanes of at least 4 members (excludes halogenated alkanes) is 1. The van der Waals surface area contributed by atoms with E-state index in [-0.39, 0.29) is 11.2 Å². The summed E-state index contributed by atoms with van der Waals surface area (Å²) in [4.78, 5) is 36.0. The van der Waals surface area contributed by atoms with Gasteiger partial charge >= 0.3 is 5.69 Å². The fourth-order valence-electron chi connectivity index (χ4n) is 5.27. The molecule has 0 bridgehead atoms. The summed E-state index contributed by atoms with van der Waals surface area (Å²) in [6.45, 7) is 5.97. The van der Waals surface area contributed by atoms with Crippen molar-refractivity contribution >= 4 is 17.4 Å². The van der Waals surface area contributed by atoms with E-state index in [0.29, 0.717) is 23.7 Å². The zero-order chi connectivity index (χ0) is 24.2. The minimum absolute atomic E-state index is 0.176. The third-order valence-electron chi connectivity index (χ3n) is 7.18. The van der Waals surface area contributed by atoms with Gasteiger partial charge in [-0.2, -0.15) is 0 Å². The maximum Gasteiger partial charge on any atom is 0.331 e. The number of pyridine rings is 1. The Morgan fingerprint density at radius 2 is 1.63 bits per heavy atom. The van der Waals surface area contributed by atoms with Crippen LogP contribution in [-0.2, 0) is 19.5 Å². The fraction of sp³-hybridized carbons (Fsp3) is 0.444. The van der Waals surface area contributed by atoms with Crippen molar-refractivity contribution in [3.05, 3.63) is 80.2 Å². The van der Waals surface area contributed by atoms with Crippen molar-refractivity contribution in [3.63, 3.8) is 0 Å². The Balaban J connectivity index is 1.26. The molecule has 7 nitrogen and oxygen atoms in total. The normalized spacial score (nSPS) is 16.3. The quantitative estimate of drug-likeness (QED) is 0.470. The first-order chi connectivity index (χ1) is 17.1. The van der Waals surface area contributed by atoms with Gasteiger partial charge in [-0.05, 0) is 56.8 Å². The van der Waals surface area contributed by atoms with E-state index in [1.165, 1.54) is 4.57 Å². The monoisotopic (exact) mass is 493 g/mol. The first-order valence-corrected chi connectivity index (χ1v) is 13.0. The highest BCUT2D eigenvalue weighted by Gasteiger charge is 2.23. The second kappa shape index (κ2) is 10.8. The van der Waals surface area contributed by atoms with Crippen molar-refractivity contribution in [2.24, 2.45) is 0 Å². The SMILES string of the molecule is O=c1c(-c2ccccc2Cl)c2n(c(=O)n1CCCCN1CCN(c3ccccn3)CC1)CCCC2. The van der Waals surface area contributed by atoms with Crippen LogP contribution < -0.4 is 16.1 Å². The summed E-state index contributed by atoms with van der Waals surface area (Å²) in [5, 5.41) is 0.549. The van der Waals surface area contributed by atoms with Crippen LogP contribution in [0.15, 0.2) is 58.3 Å². The average Bonchev–Trinajstić information content (AvgIpc) is 2.90. The number of hydrogen-bond donors (Lipinski definition) is 0. The van der Waals surface area contributed by atoms with E-state index in [4.69, 9.17) is 11.6 Å². The number of hydrogen-bond acceptors (Lipinski definition) is 5. The molecule has 184 valence electrons. The van der Waals surface area contributed by atoms with Crippen molar-refractivity contribution in [1.82, 2.24) is 19.0 Å². The van der Waals surface area contributed by atoms with Gasteiger partial charge in [0.15, 0.2) is 0 Å². The summed E-state index contributed by atoms with van der Waals surface area (Å²) in [7, 11) is 0. The lowest BCUT2D eigenvalue weighted by Crippen LogP contribution is -2.47. The van der Waals surface area contributed by atoms with E-state index in [1.807, 2.05) is 36.5 Å². The third-order valence-corrected chi connectivity index (χ3v) is 7.50. The first-order valence-electron chi connectivity index (χ1n) is 12.6. The largest absolute Gasteiger partial charge is 0.354 e. The standard InChI is InChI=1S/C27H32ClN5O2/c28-22-10-2-1-9-21(22)25-23-11-4-6-15-32(23)27(35)33(26(25)34)16-8-7-14-30-17-19-31(20-18-30)24-12-3-5-13-29-24/h1-3,5,9-10,12-13H,4,6-8,11,14-20H2. The summed E-state index contributed by atoms with van der Waals surface area (Å²) in [6.07, 6.45) is 6.24. The first kappa shape index (κ1) is 23.8. The molecule has 5 rings (SSSR count). The Hall–Kier alpha value is -2.90. The van der Waals surface area contributed by atoms with Gasteiger partial charge < -0.3 is 4.90 Å². The topological polar surface area (TPSA) is 63.4 Å². The molecule has 2 aliphatic rings. The number of rotatable bonds is 7. The van der Waals surface area contributed by atoms with Crippen LogP contribution in [0.1, 0.15) is 31.4 Å². The zero-order valence-corrected chi connectivity index (χ0v) is 20.8. The lowest BCUT2D eigenvalue weighted by atomic mass is 9.99. The molecule has 0 amide bonds. The maximum atomic E-state index is 13.6. The van der Waals surface area contributed by atoms with Gasteiger partial charge in [-0.25, -0.2) is 9.78 Å². The molecule has 0 unspecified atom stereocenters. The molecule has 1 saturated heterocycles. The number of halogens is 1. The summed E-state index contributed by atoms with van der Waals surface area (Å²) < 4.78 is 3.24. The van der Waals surface area contributed by atoms with Gasteiger partial charge in [0.25, 0.3) is 5.56 Å². The molecule has 2 aliphatic heterocycles. The maximum absolute atomic E-state index is 13.6. The van der Waals surface area contributed by atoms with Gasteiger partial charge in [-0.1, -0.05) is 35.9 Å². The second-order valence-corrected chi connectivity index (χ2v) is 9.78. The number of fused-ring (bicyclic) bond motifs is 1. The van der Waals surface area contributed by atoms with E-state index in [1.54, 1.807) is 10.6 Å². The Bertz CT molecular complexity index is 1280. The highest BCUT2D eigenvalue weighted by Crippen LogP contribution is 2.29. The minimum Gasteiger partial charge on any atom is -0.354 e. The summed E-state index contributed by atoms with van der Waals surface area (Å²) in [5.41, 5.74) is 1.77. The van der Waals surface area contributed by atoms with E-state index in [2.05, 4.69) is 20.9 Å². The summed E-state index contributed by atoms with van der Waals surface area (Å²) in [5.74, 6) is 1.04. The van der Waals surface area contributed by atoms with Crippen LogP contribution in [0.25, 0.3) is 11.1 Å². The molecule has 0 radical (unpaired) electrons. The predicted octanol–water partition coefficient (Wildman–Crippen LogP) is 3.66. The Labute approximate surface area is 210 Å². The predicted molar refractivity (Wildman–Crippen MR) is 140 cm³/mol. The van der Waals surface area contributed by atoms with E-state index in [0.717, 1.165) is 81.9 Å². The van der Waals surface area contributed by atoms with Crippen LogP contribution in [-0.4, -0.2) is 51.7 Å². The Morgan fingerprint density at radius 3 is 2.40 bits per heavy atom. The fourth-order valence-corrected chi connectivity index (χ4v) is 5.50. The van der Waals surface area contributed by atoms with Crippen LogP contribution in [0.5, 0.6) is 0 Å². The van der Waals surface area contributed by atoms with Gasteiger partial charge in [-0.3, -0.25) is 18.8 Å². The van der Waals surface area contributed by atoms with E-state index in [9.17, 15) is 9.59 Å². The van der Waals surface area contributed by atoms with Gasteiger partial charge in [0, 0.05) is 61.7 Å². The van der Waals surface area contributed by atoms with Gasteiger partial charge in [0.1, 0.15) is 5.82 Å². The van der Waals surface area contributed by atoms with Crippen LogP contribution >= 0.6 is 11.6 Å². The average molecular weight is 494 g/mol. The Morgan fingerprint density at radius 1 is 0.857 bits per heavy atom. The lowest BCUT2D eigenvalue weighted by Gasteiger charge is -2.35. The molecule has 2 aromatic heterocycles. The number of aromatic nitrogens is 3. The highest BCUT2D eigenvalue weighted by molar-refractivity contribution is 6.33. The van der Waals surface area contributed by atoms with Crippen molar-refractivity contribution in [3.8, 4) is 11.1 Å². The number of nitrogens with zero attached hydrogens (tertiary/aromatic N) is 5. The van der Waals surface area contributed by atoms with Crippen LogP contribution in [0.2, 0.25) is 5.02 Å². The molecule has 1 aromatic carbocycles.